The van der Waals surface area contributed by atoms with Crippen molar-refractivity contribution in [3.63, 3.8) is 0 Å². The Bertz CT molecular complexity index is 1680. The van der Waals surface area contributed by atoms with Gasteiger partial charge in [0.1, 0.15) is 11.5 Å². The Hall–Kier alpha value is -6.57. The number of aromatic carboxylic acids is 4. The Kier molecular flexibility index (Phi) is 19.7. The number of carboxylic acid groups (broad SMARTS) is 4. The Morgan fingerprint density at radius 1 is 0.400 bits per heavy atom. The van der Waals surface area contributed by atoms with Crippen LogP contribution in [0.1, 0.15) is 42.0 Å². The predicted molar refractivity (Wildman–Crippen MR) is 164 cm³/mol. The van der Waals surface area contributed by atoms with E-state index in [-0.39, 0.29) is 48.7 Å². The zero-order valence-corrected chi connectivity index (χ0v) is 28.0. The molecule has 0 bridgehead atoms. The van der Waals surface area contributed by atoms with Crippen molar-refractivity contribution in [1.82, 2.24) is 24.9 Å². The zero-order valence-electron chi connectivity index (χ0n) is 25.6. The number of aromatic nitrogens is 5. The third kappa shape index (κ3) is 16.3. The van der Waals surface area contributed by atoms with Gasteiger partial charge in [-0.15, -0.1) is 0 Å². The number of carboxylic acids is 4. The third-order valence-electron chi connectivity index (χ3n) is 5.30. The summed E-state index contributed by atoms with van der Waals surface area (Å²) in [5.41, 5.74) is 1.09. The normalized spacial score (nSPS) is 8.98. The fourth-order valence-electron chi connectivity index (χ4n) is 3.13. The summed E-state index contributed by atoms with van der Waals surface area (Å²) in [5, 5.41) is 40.1. The molecule has 0 aliphatic rings. The molecule has 0 spiro atoms. The van der Waals surface area contributed by atoms with E-state index in [0.29, 0.717) is 5.69 Å². The molecule has 0 aliphatic heterocycles. The Morgan fingerprint density at radius 3 is 0.940 bits per heavy atom. The minimum atomic E-state index is -1.24. The monoisotopic (exact) mass is 854 g/mol. The molecule has 1 aromatic carbocycles. The molecule has 50 heavy (non-hydrogen) atoms. The summed E-state index contributed by atoms with van der Waals surface area (Å²) in [6.07, 6.45) is 7.22. The maximum absolute atomic E-state index is 13.2. The SMILES string of the molecule is Fc1cccnc1-c1ccccc1.O=C([O-])c1ccccn1.O=C([O-])c1ccccn1.O=C([O-])c1ccccn1.O=C([O-])c1ccccn1.[Ir+4]. The topological polar surface area (TPSA) is 225 Å². The van der Waals surface area contributed by atoms with Crippen LogP contribution in [0.4, 0.5) is 4.39 Å². The average molecular weight is 854 g/mol. The van der Waals surface area contributed by atoms with E-state index in [9.17, 15) is 44.0 Å². The number of nitrogens with zero attached hydrogens (tertiary/aromatic N) is 5. The first-order valence-electron chi connectivity index (χ1n) is 13.8. The van der Waals surface area contributed by atoms with Crippen LogP contribution in [0.2, 0.25) is 0 Å². The van der Waals surface area contributed by atoms with E-state index in [1.165, 1.54) is 55.1 Å². The fraction of sp³-hybridized carbons (Fsp3) is 0. The molecule has 0 fully saturated rings. The number of pyridine rings is 5. The van der Waals surface area contributed by atoms with E-state index in [1.54, 1.807) is 60.8 Å². The summed E-state index contributed by atoms with van der Waals surface area (Å²) < 4.78 is 13.2. The number of carbonyl (C=O) groups excluding carboxylic acids is 4. The van der Waals surface area contributed by atoms with Crippen LogP contribution in [0, 0.1) is 5.82 Å². The first-order valence-corrected chi connectivity index (χ1v) is 13.8. The van der Waals surface area contributed by atoms with E-state index in [0.717, 1.165) is 5.56 Å². The maximum atomic E-state index is 13.2. The van der Waals surface area contributed by atoms with Crippen LogP contribution in [-0.4, -0.2) is 48.8 Å². The number of rotatable bonds is 5. The Labute approximate surface area is 298 Å². The molecule has 13 nitrogen and oxygen atoms in total. The van der Waals surface area contributed by atoms with Crippen molar-refractivity contribution in [2.24, 2.45) is 0 Å². The Morgan fingerprint density at radius 2 is 0.700 bits per heavy atom. The Balaban J connectivity index is 0.000000314. The second-order valence-electron chi connectivity index (χ2n) is 8.71. The van der Waals surface area contributed by atoms with Crippen molar-refractivity contribution < 1.29 is 64.1 Å². The second-order valence-corrected chi connectivity index (χ2v) is 8.71. The van der Waals surface area contributed by atoms with Crippen molar-refractivity contribution in [2.45, 2.75) is 0 Å². The number of carbonyl (C=O) groups is 4. The minimum Gasteiger partial charge on any atom is -0.543 e. The smallest absolute Gasteiger partial charge is 0.543 e. The van der Waals surface area contributed by atoms with Crippen LogP contribution in [-0.2, 0) is 20.1 Å². The van der Waals surface area contributed by atoms with E-state index in [4.69, 9.17) is 0 Å². The van der Waals surface area contributed by atoms with Crippen molar-refractivity contribution in [3.05, 3.63) is 175 Å². The molecule has 253 valence electrons. The molecular weight excluding hydrogens is 830 g/mol. The number of halogens is 1. The van der Waals surface area contributed by atoms with Gasteiger partial charge in [-0.1, -0.05) is 54.6 Å². The fourth-order valence-corrected chi connectivity index (χ4v) is 3.13. The van der Waals surface area contributed by atoms with Gasteiger partial charge in [-0.3, -0.25) is 24.9 Å². The van der Waals surface area contributed by atoms with E-state index >= 15 is 0 Å². The summed E-state index contributed by atoms with van der Waals surface area (Å²) in [6.45, 7) is 0. The van der Waals surface area contributed by atoms with Gasteiger partial charge in [0.25, 0.3) is 0 Å². The van der Waals surface area contributed by atoms with Crippen LogP contribution in [0.3, 0.4) is 0 Å². The maximum Gasteiger partial charge on any atom is 4.00 e. The molecule has 1 radical (unpaired) electrons. The summed E-state index contributed by atoms with van der Waals surface area (Å²) >= 11 is 0. The van der Waals surface area contributed by atoms with Crippen LogP contribution in [0.25, 0.3) is 11.3 Å². The molecule has 0 unspecified atom stereocenters. The standard InChI is InChI=1S/C11H8FN.4C6H5NO2.Ir/c12-10-7-4-8-13-11(10)9-5-2-1-3-6-9;4*8-6(9)5-3-1-2-4-7-5;/h1-8H;4*1-4H,(H,8,9);/q;;;;;+4/p-4. The molecule has 0 atom stereocenters. The van der Waals surface area contributed by atoms with Crippen LogP contribution in [0.15, 0.2) is 146 Å². The van der Waals surface area contributed by atoms with E-state index in [1.807, 2.05) is 30.3 Å². The van der Waals surface area contributed by atoms with Crippen LogP contribution in [0.5, 0.6) is 0 Å². The van der Waals surface area contributed by atoms with Gasteiger partial charge in [0.15, 0.2) is 0 Å². The van der Waals surface area contributed by atoms with Gasteiger partial charge in [-0.05, 0) is 60.7 Å². The molecule has 6 aromatic rings. The molecule has 0 N–H and O–H groups in total. The molecule has 5 aromatic heterocycles. The third-order valence-corrected chi connectivity index (χ3v) is 5.30. The van der Waals surface area contributed by atoms with E-state index in [2.05, 4.69) is 24.9 Å². The zero-order chi connectivity index (χ0) is 35.9. The number of hydrogen-bond donors (Lipinski definition) is 0. The number of benzene rings is 1. The molecular formula is C35H24FIrN5O8. The van der Waals surface area contributed by atoms with Crippen molar-refractivity contribution in [1.29, 1.82) is 0 Å². The molecule has 0 saturated carbocycles. The van der Waals surface area contributed by atoms with Gasteiger partial charge in [-0.25, -0.2) is 4.39 Å². The average Bonchev–Trinajstić information content (AvgIpc) is 3.15. The van der Waals surface area contributed by atoms with Gasteiger partial charge in [0.05, 0.1) is 46.7 Å². The first-order chi connectivity index (χ1) is 23.6. The summed E-state index contributed by atoms with van der Waals surface area (Å²) in [7, 11) is 0. The van der Waals surface area contributed by atoms with Gasteiger partial charge in [0, 0.05) is 36.5 Å². The van der Waals surface area contributed by atoms with Crippen molar-refractivity contribution in [3.8, 4) is 11.3 Å². The first kappa shape index (κ1) is 41.5. The minimum absolute atomic E-state index is 0. The van der Waals surface area contributed by atoms with Gasteiger partial charge in [-0.2, -0.15) is 0 Å². The molecule has 15 heteroatoms. The molecule has 0 amide bonds. The van der Waals surface area contributed by atoms with Gasteiger partial charge >= 0.3 is 20.1 Å². The van der Waals surface area contributed by atoms with Crippen molar-refractivity contribution >= 4 is 23.9 Å². The van der Waals surface area contributed by atoms with Crippen LogP contribution < -0.4 is 20.4 Å². The molecule has 0 aliphatic carbocycles. The quantitative estimate of drug-likeness (QED) is 0.233. The van der Waals surface area contributed by atoms with Gasteiger partial charge < -0.3 is 39.6 Å². The summed E-state index contributed by atoms with van der Waals surface area (Å²) in [6, 6.07) is 30.8. The predicted octanol–water partition coefficient (Wildman–Crippen LogP) is 0.666. The van der Waals surface area contributed by atoms with E-state index < -0.39 is 23.9 Å². The number of hydrogen-bond acceptors (Lipinski definition) is 13. The summed E-state index contributed by atoms with van der Waals surface area (Å²) in [5.74, 6) is -5.24. The second kappa shape index (κ2) is 23.7. The van der Waals surface area contributed by atoms with Crippen LogP contribution >= 0.6 is 0 Å². The van der Waals surface area contributed by atoms with Gasteiger partial charge in [0.2, 0.25) is 0 Å². The molecule has 0 saturated heterocycles. The summed E-state index contributed by atoms with van der Waals surface area (Å²) in [4.78, 5) is 58.1. The van der Waals surface area contributed by atoms with Crippen molar-refractivity contribution in [2.75, 3.05) is 0 Å². The molecule has 5 heterocycles. The molecule has 6 rings (SSSR count). The largest absolute Gasteiger partial charge is 4.00 e.